The smallest absolute Gasteiger partial charge is 0.263 e. The van der Waals surface area contributed by atoms with Crippen LogP contribution in [0.4, 0.5) is 0 Å². The van der Waals surface area contributed by atoms with E-state index in [1.807, 2.05) is 29.3 Å². The summed E-state index contributed by atoms with van der Waals surface area (Å²) in [6.45, 7) is 8.04. The summed E-state index contributed by atoms with van der Waals surface area (Å²) >= 11 is 1.52. The Morgan fingerprint density at radius 1 is 1.53 bits per heavy atom. The number of carbonyl (C=O) groups excluding carboxylic acids is 1. The maximum Gasteiger partial charge on any atom is 0.263 e. The number of hydrogen-bond acceptors (Lipinski definition) is 2. The van der Waals surface area contributed by atoms with E-state index in [0.29, 0.717) is 5.92 Å². The first kappa shape index (κ1) is 12.2. The molecule has 0 fully saturated rings. The van der Waals surface area contributed by atoms with Crippen molar-refractivity contribution < 1.29 is 4.79 Å². The second-order valence-electron chi connectivity index (χ2n) is 3.83. The Morgan fingerprint density at radius 3 is 2.73 bits per heavy atom. The lowest BCUT2D eigenvalue weighted by molar-refractivity contribution is 0.0745. The van der Waals surface area contributed by atoms with Crippen molar-refractivity contribution >= 4 is 17.2 Å². The number of thiophene rings is 1. The summed E-state index contributed by atoms with van der Waals surface area (Å²) in [5.74, 6) is 0.752. The van der Waals surface area contributed by atoms with Crippen LogP contribution < -0.4 is 0 Å². The first-order valence-electron chi connectivity index (χ1n) is 5.51. The van der Waals surface area contributed by atoms with E-state index in [0.717, 1.165) is 24.4 Å². The molecule has 0 spiro atoms. The molecular formula is C12H19NOS. The molecule has 84 valence electrons. The van der Waals surface area contributed by atoms with Gasteiger partial charge in [0.1, 0.15) is 0 Å². The fraction of sp³-hybridized carbons (Fsp3) is 0.583. The Morgan fingerprint density at radius 2 is 2.27 bits per heavy atom. The molecule has 0 radical (unpaired) electrons. The number of rotatable bonds is 5. The Hall–Kier alpha value is -0.830. The third-order valence-corrected chi connectivity index (χ3v) is 3.49. The maximum atomic E-state index is 12.0. The van der Waals surface area contributed by atoms with Gasteiger partial charge in [0, 0.05) is 13.1 Å². The molecule has 0 bridgehead atoms. The van der Waals surface area contributed by atoms with Gasteiger partial charge >= 0.3 is 0 Å². The second kappa shape index (κ2) is 5.91. The summed E-state index contributed by atoms with van der Waals surface area (Å²) in [5.41, 5.74) is 0. The van der Waals surface area contributed by atoms with Crippen LogP contribution in [0.2, 0.25) is 0 Å². The SMILES string of the molecule is CCC(C)CN(CC)C(=O)c1cccs1. The van der Waals surface area contributed by atoms with Gasteiger partial charge in [0.25, 0.3) is 5.91 Å². The molecule has 1 aromatic rings. The van der Waals surface area contributed by atoms with Gasteiger partial charge in [-0.25, -0.2) is 0 Å². The van der Waals surface area contributed by atoms with Crippen molar-refractivity contribution in [3.8, 4) is 0 Å². The van der Waals surface area contributed by atoms with E-state index < -0.39 is 0 Å². The van der Waals surface area contributed by atoms with Gasteiger partial charge in [-0.05, 0) is 24.3 Å². The Balaban J connectivity index is 2.63. The highest BCUT2D eigenvalue weighted by molar-refractivity contribution is 7.12. The van der Waals surface area contributed by atoms with E-state index in [1.165, 1.54) is 11.3 Å². The minimum absolute atomic E-state index is 0.174. The fourth-order valence-electron chi connectivity index (χ4n) is 1.42. The average Bonchev–Trinajstić information content (AvgIpc) is 2.77. The monoisotopic (exact) mass is 225 g/mol. The normalized spacial score (nSPS) is 12.5. The lowest BCUT2D eigenvalue weighted by Crippen LogP contribution is -2.34. The Labute approximate surface area is 95.9 Å². The predicted octanol–water partition coefficient (Wildman–Crippen LogP) is 3.26. The molecule has 3 heteroatoms. The van der Waals surface area contributed by atoms with Gasteiger partial charge < -0.3 is 4.90 Å². The van der Waals surface area contributed by atoms with Gasteiger partial charge in [-0.15, -0.1) is 11.3 Å². The average molecular weight is 225 g/mol. The van der Waals surface area contributed by atoms with Gasteiger partial charge in [0.05, 0.1) is 4.88 Å². The summed E-state index contributed by atoms with van der Waals surface area (Å²) in [7, 11) is 0. The van der Waals surface area contributed by atoms with Crippen LogP contribution in [0.5, 0.6) is 0 Å². The van der Waals surface area contributed by atoms with Crippen molar-refractivity contribution in [2.75, 3.05) is 13.1 Å². The largest absolute Gasteiger partial charge is 0.338 e. The van der Waals surface area contributed by atoms with E-state index >= 15 is 0 Å². The summed E-state index contributed by atoms with van der Waals surface area (Å²) < 4.78 is 0. The zero-order chi connectivity index (χ0) is 11.3. The van der Waals surface area contributed by atoms with E-state index in [4.69, 9.17) is 0 Å². The zero-order valence-electron chi connectivity index (χ0n) is 9.69. The van der Waals surface area contributed by atoms with Crippen LogP contribution in [0.3, 0.4) is 0 Å². The molecule has 0 N–H and O–H groups in total. The number of hydrogen-bond donors (Lipinski definition) is 0. The van der Waals surface area contributed by atoms with Crippen LogP contribution >= 0.6 is 11.3 Å². The molecule has 15 heavy (non-hydrogen) atoms. The fourth-order valence-corrected chi connectivity index (χ4v) is 2.11. The standard InChI is InChI=1S/C12H19NOS/c1-4-10(3)9-13(5-2)12(14)11-7-6-8-15-11/h6-8,10H,4-5,9H2,1-3H3. The van der Waals surface area contributed by atoms with Gasteiger partial charge in [-0.3, -0.25) is 4.79 Å². The molecule has 1 aromatic heterocycles. The van der Waals surface area contributed by atoms with Crippen LogP contribution in [0.1, 0.15) is 36.9 Å². The number of carbonyl (C=O) groups is 1. The highest BCUT2D eigenvalue weighted by atomic mass is 32.1. The van der Waals surface area contributed by atoms with Crippen LogP contribution in [-0.4, -0.2) is 23.9 Å². The quantitative estimate of drug-likeness (QED) is 0.753. The van der Waals surface area contributed by atoms with Crippen LogP contribution in [0.25, 0.3) is 0 Å². The molecule has 1 atom stereocenters. The van der Waals surface area contributed by atoms with Crippen LogP contribution in [-0.2, 0) is 0 Å². The highest BCUT2D eigenvalue weighted by Crippen LogP contribution is 2.13. The van der Waals surface area contributed by atoms with Crippen molar-refractivity contribution in [1.29, 1.82) is 0 Å². The van der Waals surface area contributed by atoms with Crippen molar-refractivity contribution in [3.63, 3.8) is 0 Å². The first-order valence-corrected chi connectivity index (χ1v) is 6.39. The summed E-state index contributed by atoms with van der Waals surface area (Å²) in [6.07, 6.45) is 1.12. The van der Waals surface area contributed by atoms with Crippen molar-refractivity contribution in [3.05, 3.63) is 22.4 Å². The number of amides is 1. The van der Waals surface area contributed by atoms with Gasteiger partial charge in [-0.2, -0.15) is 0 Å². The van der Waals surface area contributed by atoms with E-state index in [1.54, 1.807) is 0 Å². The molecule has 1 amide bonds. The topological polar surface area (TPSA) is 20.3 Å². The summed E-state index contributed by atoms with van der Waals surface area (Å²) in [4.78, 5) is 14.8. The van der Waals surface area contributed by atoms with Crippen LogP contribution in [0.15, 0.2) is 17.5 Å². The molecule has 2 nitrogen and oxygen atoms in total. The highest BCUT2D eigenvalue weighted by Gasteiger charge is 2.16. The van der Waals surface area contributed by atoms with Gasteiger partial charge in [0.15, 0.2) is 0 Å². The second-order valence-corrected chi connectivity index (χ2v) is 4.78. The molecule has 1 rings (SSSR count). The molecule has 1 unspecified atom stereocenters. The number of nitrogens with zero attached hydrogens (tertiary/aromatic N) is 1. The Bertz CT molecular complexity index is 295. The van der Waals surface area contributed by atoms with Gasteiger partial charge in [-0.1, -0.05) is 26.3 Å². The molecule has 0 aliphatic heterocycles. The van der Waals surface area contributed by atoms with Crippen molar-refractivity contribution in [1.82, 2.24) is 4.90 Å². The molecule has 0 aliphatic rings. The molecule has 1 heterocycles. The molecular weight excluding hydrogens is 206 g/mol. The predicted molar refractivity (Wildman–Crippen MR) is 65.4 cm³/mol. The molecule has 0 saturated heterocycles. The summed E-state index contributed by atoms with van der Waals surface area (Å²) in [6, 6.07) is 3.82. The van der Waals surface area contributed by atoms with Crippen molar-refractivity contribution in [2.24, 2.45) is 5.92 Å². The van der Waals surface area contributed by atoms with E-state index in [9.17, 15) is 4.79 Å². The minimum atomic E-state index is 0.174. The van der Waals surface area contributed by atoms with E-state index in [2.05, 4.69) is 13.8 Å². The molecule has 0 aliphatic carbocycles. The van der Waals surface area contributed by atoms with Gasteiger partial charge in [0.2, 0.25) is 0 Å². The molecule has 0 saturated carbocycles. The maximum absolute atomic E-state index is 12.0. The molecule has 0 aromatic carbocycles. The Kier molecular flexibility index (Phi) is 4.82. The van der Waals surface area contributed by atoms with Crippen molar-refractivity contribution in [2.45, 2.75) is 27.2 Å². The third kappa shape index (κ3) is 3.34. The third-order valence-electron chi connectivity index (χ3n) is 2.63. The van der Waals surface area contributed by atoms with E-state index in [-0.39, 0.29) is 5.91 Å². The summed E-state index contributed by atoms with van der Waals surface area (Å²) in [5, 5.41) is 1.95. The first-order chi connectivity index (χ1) is 7.19. The lowest BCUT2D eigenvalue weighted by Gasteiger charge is -2.23. The minimum Gasteiger partial charge on any atom is -0.338 e. The zero-order valence-corrected chi connectivity index (χ0v) is 10.5. The van der Waals surface area contributed by atoms with Crippen LogP contribution in [0, 0.1) is 5.92 Å². The lowest BCUT2D eigenvalue weighted by atomic mass is 10.1.